The van der Waals surface area contributed by atoms with Crippen molar-refractivity contribution >= 4 is 5.97 Å². The number of carbonyl (C=O) groups is 1. The molecule has 1 aromatic rings. The summed E-state index contributed by atoms with van der Waals surface area (Å²) < 4.78 is 5.87. The lowest BCUT2D eigenvalue weighted by Gasteiger charge is -2.34. The number of quaternary nitrogens is 1. The summed E-state index contributed by atoms with van der Waals surface area (Å²) >= 11 is 0. The van der Waals surface area contributed by atoms with E-state index in [9.17, 15) is 4.79 Å². The largest absolute Gasteiger partial charge is 0.462 e. The minimum Gasteiger partial charge on any atom is -0.462 e. The van der Waals surface area contributed by atoms with Crippen molar-refractivity contribution in [3.63, 3.8) is 0 Å². The van der Waals surface area contributed by atoms with Gasteiger partial charge in [0.2, 0.25) is 0 Å². The van der Waals surface area contributed by atoms with Crippen LogP contribution in [0.15, 0.2) is 43.0 Å². The summed E-state index contributed by atoms with van der Waals surface area (Å²) in [6.45, 7) is 3.80. The Morgan fingerprint density at radius 2 is 1.94 bits per heavy atom. The molecule has 0 saturated carbocycles. The summed E-state index contributed by atoms with van der Waals surface area (Å²) in [5, 5.41) is 0. The van der Waals surface area contributed by atoms with Crippen LogP contribution in [-0.4, -0.2) is 38.2 Å². The van der Waals surface area contributed by atoms with Crippen molar-refractivity contribution in [2.75, 3.05) is 27.7 Å². The second-order valence-corrected chi connectivity index (χ2v) is 5.20. The molecule has 1 aromatic carbocycles. The van der Waals surface area contributed by atoms with Crippen LogP contribution in [0, 0.1) is 0 Å². The smallest absolute Gasteiger partial charge is 0.330 e. The van der Waals surface area contributed by atoms with Crippen LogP contribution in [0.5, 0.6) is 0 Å². The van der Waals surface area contributed by atoms with Crippen LogP contribution in [-0.2, 0) is 9.53 Å². The van der Waals surface area contributed by atoms with Gasteiger partial charge in [-0.2, -0.15) is 0 Å². The van der Waals surface area contributed by atoms with Gasteiger partial charge in [-0.15, -0.1) is 0 Å². The molecule has 0 spiro atoms. The van der Waals surface area contributed by atoms with Crippen molar-refractivity contribution in [1.82, 2.24) is 0 Å². The highest BCUT2D eigenvalue weighted by Gasteiger charge is 2.25. The molecule has 0 bridgehead atoms. The van der Waals surface area contributed by atoms with Gasteiger partial charge in [-0.25, -0.2) is 4.79 Å². The fourth-order valence-corrected chi connectivity index (χ4v) is 2.01. The highest BCUT2D eigenvalue weighted by molar-refractivity contribution is 5.81. The average molecular weight is 248 g/mol. The van der Waals surface area contributed by atoms with Gasteiger partial charge in [0.25, 0.3) is 0 Å². The Labute approximate surface area is 109 Å². The highest BCUT2D eigenvalue weighted by Crippen LogP contribution is 2.26. The number of hydrogen-bond acceptors (Lipinski definition) is 2. The first-order valence-electron chi connectivity index (χ1n) is 6.10. The highest BCUT2D eigenvalue weighted by atomic mass is 16.5. The number of benzene rings is 1. The minimum absolute atomic E-state index is 0.309. The Balaban J connectivity index is 2.69. The fraction of sp³-hybridized carbons (Fsp3) is 0.400. The molecule has 0 aliphatic rings. The third-order valence-corrected chi connectivity index (χ3v) is 2.92. The lowest BCUT2D eigenvalue weighted by molar-refractivity contribution is -0.902. The molecule has 1 unspecified atom stereocenters. The predicted octanol–water partition coefficient (Wildman–Crippen LogP) is 2.55. The van der Waals surface area contributed by atoms with Crippen LogP contribution in [0.25, 0.3) is 0 Å². The quantitative estimate of drug-likeness (QED) is 0.439. The Kier molecular flexibility index (Phi) is 5.10. The van der Waals surface area contributed by atoms with Crippen LogP contribution in [0.4, 0.5) is 0 Å². The van der Waals surface area contributed by atoms with Gasteiger partial charge in [0.15, 0.2) is 0 Å². The summed E-state index contributed by atoms with van der Waals surface area (Å²) in [5.74, 6) is -0.358. The zero-order chi connectivity index (χ0) is 13.6. The molecule has 0 amide bonds. The monoisotopic (exact) mass is 248 g/mol. The lowest BCUT2D eigenvalue weighted by Crippen LogP contribution is -2.39. The van der Waals surface area contributed by atoms with Gasteiger partial charge in [0.05, 0.1) is 27.7 Å². The minimum atomic E-state index is -0.358. The van der Waals surface area contributed by atoms with Gasteiger partial charge < -0.3 is 9.22 Å². The molecule has 0 saturated heterocycles. The summed E-state index contributed by atoms with van der Waals surface area (Å²) in [6.07, 6.45) is 2.00. The lowest BCUT2D eigenvalue weighted by atomic mass is 10.0. The van der Waals surface area contributed by atoms with Crippen molar-refractivity contribution in [3.8, 4) is 0 Å². The van der Waals surface area contributed by atoms with Crippen LogP contribution >= 0.6 is 0 Å². The van der Waals surface area contributed by atoms with Crippen LogP contribution in [0.1, 0.15) is 18.0 Å². The fourth-order valence-electron chi connectivity index (χ4n) is 2.01. The van der Waals surface area contributed by atoms with Gasteiger partial charge >= 0.3 is 5.97 Å². The normalized spacial score (nSPS) is 12.8. The summed E-state index contributed by atoms with van der Waals surface area (Å²) in [6, 6.07) is 10.6. The number of nitrogens with zero attached hydrogens (tertiary/aromatic N) is 1. The summed E-state index contributed by atoms with van der Waals surface area (Å²) in [7, 11) is 6.44. The first-order valence-corrected chi connectivity index (χ1v) is 6.10. The molecule has 0 aromatic heterocycles. The van der Waals surface area contributed by atoms with E-state index in [1.807, 2.05) is 18.2 Å². The summed E-state index contributed by atoms with van der Waals surface area (Å²) in [5.41, 5.74) is 1.26. The first kappa shape index (κ1) is 14.5. The molecule has 0 aliphatic carbocycles. The maximum atomic E-state index is 11.0. The number of hydrogen-bond donors (Lipinski definition) is 0. The molecular formula is C15H22NO2+. The third kappa shape index (κ3) is 4.34. The maximum absolute atomic E-state index is 11.0. The van der Waals surface area contributed by atoms with E-state index < -0.39 is 0 Å². The van der Waals surface area contributed by atoms with Gasteiger partial charge in [0.1, 0.15) is 6.04 Å². The topological polar surface area (TPSA) is 26.3 Å². The third-order valence-electron chi connectivity index (χ3n) is 2.92. The summed E-state index contributed by atoms with van der Waals surface area (Å²) in [4.78, 5) is 11.0. The van der Waals surface area contributed by atoms with Crippen LogP contribution in [0.3, 0.4) is 0 Å². The average Bonchev–Trinajstić information content (AvgIpc) is 2.33. The number of ether oxygens (including phenoxy) is 1. The van der Waals surface area contributed by atoms with E-state index in [0.717, 1.165) is 10.9 Å². The predicted molar refractivity (Wildman–Crippen MR) is 73.0 cm³/mol. The van der Waals surface area contributed by atoms with Crippen molar-refractivity contribution in [1.29, 1.82) is 0 Å². The van der Waals surface area contributed by atoms with E-state index >= 15 is 0 Å². The van der Waals surface area contributed by atoms with Crippen LogP contribution in [0.2, 0.25) is 0 Å². The van der Waals surface area contributed by atoms with E-state index in [1.165, 1.54) is 11.6 Å². The standard InChI is InChI=1S/C15H22NO2/c1-5-15(17)18-12-11-14(16(2,3)4)13-9-7-6-8-10-13/h5-10,14H,1,11-12H2,2-4H3/q+1. The molecule has 98 valence electrons. The molecule has 0 N–H and O–H groups in total. The van der Waals surface area contributed by atoms with Crippen LogP contribution < -0.4 is 0 Å². The van der Waals surface area contributed by atoms with Gasteiger partial charge in [-0.1, -0.05) is 36.9 Å². The van der Waals surface area contributed by atoms with Crippen molar-refractivity contribution in [2.24, 2.45) is 0 Å². The second kappa shape index (κ2) is 6.36. The molecule has 1 rings (SSSR count). The maximum Gasteiger partial charge on any atom is 0.330 e. The van der Waals surface area contributed by atoms with Gasteiger partial charge in [-0.05, 0) is 0 Å². The molecule has 0 radical (unpaired) electrons. The van der Waals surface area contributed by atoms with E-state index in [2.05, 4.69) is 39.9 Å². The van der Waals surface area contributed by atoms with Crippen molar-refractivity contribution < 1.29 is 14.0 Å². The van der Waals surface area contributed by atoms with Gasteiger partial charge in [-0.3, -0.25) is 0 Å². The molecule has 1 atom stereocenters. The van der Waals surface area contributed by atoms with Gasteiger partial charge in [0, 0.05) is 18.1 Å². The SMILES string of the molecule is C=CC(=O)OCCC(c1ccccc1)[N+](C)(C)C. The number of esters is 1. The van der Waals surface area contributed by atoms with E-state index in [1.54, 1.807) is 0 Å². The number of carbonyl (C=O) groups excluding carboxylic acids is 1. The van der Waals surface area contributed by atoms with E-state index in [-0.39, 0.29) is 5.97 Å². The molecule has 0 aliphatic heterocycles. The Hall–Kier alpha value is -1.61. The van der Waals surface area contributed by atoms with Crippen molar-refractivity contribution in [2.45, 2.75) is 12.5 Å². The van der Waals surface area contributed by atoms with Crippen molar-refractivity contribution in [3.05, 3.63) is 48.6 Å². The second-order valence-electron chi connectivity index (χ2n) is 5.20. The zero-order valence-electron chi connectivity index (χ0n) is 11.4. The Bertz CT molecular complexity index is 393. The molecular weight excluding hydrogens is 226 g/mol. The Morgan fingerprint density at radius 1 is 1.33 bits per heavy atom. The molecule has 3 heteroatoms. The first-order chi connectivity index (χ1) is 8.45. The Morgan fingerprint density at radius 3 is 2.44 bits per heavy atom. The molecule has 3 nitrogen and oxygen atoms in total. The number of rotatable bonds is 6. The molecule has 18 heavy (non-hydrogen) atoms. The zero-order valence-corrected chi connectivity index (χ0v) is 11.4. The van der Waals surface area contributed by atoms with E-state index in [4.69, 9.17) is 4.74 Å². The molecule has 0 heterocycles. The molecule has 0 fully saturated rings. The van der Waals surface area contributed by atoms with E-state index in [0.29, 0.717) is 12.6 Å².